The number of hydrogen-bond donors (Lipinski definition) is 1. The number of nitrogens with one attached hydrogen (secondary N) is 1. The van der Waals surface area contributed by atoms with Gasteiger partial charge in [-0.05, 0) is 31.5 Å². The Kier molecular flexibility index (Phi) is 5.71. The average molecular weight is 342 g/mol. The molecule has 134 valence electrons. The van der Waals surface area contributed by atoms with Crippen molar-refractivity contribution in [2.45, 2.75) is 39.0 Å². The number of ether oxygens (including phenoxy) is 1. The fourth-order valence-corrected chi connectivity index (χ4v) is 3.13. The van der Waals surface area contributed by atoms with Crippen LogP contribution in [0.4, 0.5) is 0 Å². The zero-order valence-corrected chi connectivity index (χ0v) is 14.9. The van der Waals surface area contributed by atoms with E-state index in [4.69, 9.17) is 4.74 Å². The van der Waals surface area contributed by atoms with Crippen molar-refractivity contribution in [3.63, 3.8) is 0 Å². The van der Waals surface area contributed by atoms with Gasteiger partial charge in [0.1, 0.15) is 5.75 Å². The molecule has 1 aliphatic heterocycles. The molecular formula is C19H26N4O2. The molecule has 1 aromatic carbocycles. The molecule has 2 heterocycles. The zero-order valence-electron chi connectivity index (χ0n) is 14.9. The van der Waals surface area contributed by atoms with E-state index in [1.807, 2.05) is 41.6 Å². The maximum Gasteiger partial charge on any atom is 0.224 e. The Hall–Kier alpha value is -2.34. The van der Waals surface area contributed by atoms with E-state index in [2.05, 4.69) is 22.4 Å². The Morgan fingerprint density at radius 2 is 2.16 bits per heavy atom. The van der Waals surface area contributed by atoms with Gasteiger partial charge in [-0.15, -0.1) is 0 Å². The monoisotopic (exact) mass is 342 g/mol. The minimum Gasteiger partial charge on any atom is -0.491 e. The molecule has 0 bridgehead atoms. The molecule has 1 aromatic heterocycles. The first kappa shape index (κ1) is 17.5. The molecule has 1 N–H and O–H groups in total. The van der Waals surface area contributed by atoms with E-state index in [1.54, 1.807) is 12.5 Å². The Bertz CT molecular complexity index is 667. The van der Waals surface area contributed by atoms with Crippen LogP contribution in [0, 0.1) is 0 Å². The highest BCUT2D eigenvalue weighted by molar-refractivity contribution is 5.77. The summed E-state index contributed by atoms with van der Waals surface area (Å²) in [5.41, 5.74) is 1.14. The third-order valence-corrected chi connectivity index (χ3v) is 4.34. The molecule has 1 saturated heterocycles. The molecule has 3 rings (SSSR count). The molecule has 0 unspecified atom stereocenters. The van der Waals surface area contributed by atoms with Crippen LogP contribution in [0.25, 0.3) is 0 Å². The third-order valence-electron chi connectivity index (χ3n) is 4.34. The van der Waals surface area contributed by atoms with Gasteiger partial charge in [0.15, 0.2) is 0 Å². The second kappa shape index (κ2) is 8.16. The van der Waals surface area contributed by atoms with Gasteiger partial charge >= 0.3 is 0 Å². The molecule has 1 aliphatic rings. The van der Waals surface area contributed by atoms with Gasteiger partial charge in [-0.1, -0.05) is 12.1 Å². The smallest absolute Gasteiger partial charge is 0.224 e. The molecule has 0 aliphatic carbocycles. The standard InChI is InChI=1S/C19H26N4O2/c1-15(2)25-17-5-3-16(4-6-17)18-13-20-9-12-23(18)19(24)7-10-22-11-8-21-14-22/h3-6,8,11,14-15,18,20H,7,9-10,12-13H2,1-2H3/t18-/m1/s1. The molecule has 1 amide bonds. The average Bonchev–Trinajstić information content (AvgIpc) is 3.13. The second-order valence-electron chi connectivity index (χ2n) is 6.59. The number of rotatable bonds is 6. The van der Waals surface area contributed by atoms with Gasteiger partial charge in [0.2, 0.25) is 5.91 Å². The summed E-state index contributed by atoms with van der Waals surface area (Å²) in [5.74, 6) is 1.04. The van der Waals surface area contributed by atoms with E-state index < -0.39 is 0 Å². The van der Waals surface area contributed by atoms with Crippen molar-refractivity contribution in [2.75, 3.05) is 19.6 Å². The molecule has 6 heteroatoms. The van der Waals surface area contributed by atoms with Crippen LogP contribution in [-0.4, -0.2) is 46.1 Å². The van der Waals surface area contributed by atoms with Gasteiger partial charge in [0, 0.05) is 45.0 Å². The summed E-state index contributed by atoms with van der Waals surface area (Å²) in [6.07, 6.45) is 6.01. The van der Waals surface area contributed by atoms with Crippen molar-refractivity contribution in [1.29, 1.82) is 0 Å². The van der Waals surface area contributed by atoms with Gasteiger partial charge in [0.25, 0.3) is 0 Å². The van der Waals surface area contributed by atoms with Crippen molar-refractivity contribution in [2.24, 2.45) is 0 Å². The topological polar surface area (TPSA) is 59.4 Å². The van der Waals surface area contributed by atoms with E-state index in [0.29, 0.717) is 13.0 Å². The zero-order chi connectivity index (χ0) is 17.6. The van der Waals surface area contributed by atoms with Crippen LogP contribution >= 0.6 is 0 Å². The van der Waals surface area contributed by atoms with Crippen molar-refractivity contribution in [3.8, 4) is 5.75 Å². The van der Waals surface area contributed by atoms with Crippen LogP contribution < -0.4 is 10.1 Å². The summed E-state index contributed by atoms with van der Waals surface area (Å²) in [4.78, 5) is 18.7. The summed E-state index contributed by atoms with van der Waals surface area (Å²) < 4.78 is 7.64. The van der Waals surface area contributed by atoms with Gasteiger partial charge < -0.3 is 19.5 Å². The van der Waals surface area contributed by atoms with E-state index in [0.717, 1.165) is 30.9 Å². The van der Waals surface area contributed by atoms with E-state index in [1.165, 1.54) is 0 Å². The molecule has 2 aromatic rings. The van der Waals surface area contributed by atoms with Gasteiger partial charge in [0.05, 0.1) is 18.5 Å². The van der Waals surface area contributed by atoms with Crippen molar-refractivity contribution < 1.29 is 9.53 Å². The SMILES string of the molecule is CC(C)Oc1ccc([C@H]2CNCCN2C(=O)CCn2ccnc2)cc1. The molecule has 0 saturated carbocycles. The number of carbonyl (C=O) groups excluding carboxylic acids is 1. The molecular weight excluding hydrogens is 316 g/mol. The van der Waals surface area contributed by atoms with Crippen LogP contribution in [0.1, 0.15) is 31.9 Å². The third kappa shape index (κ3) is 4.60. The second-order valence-corrected chi connectivity index (χ2v) is 6.59. The quantitative estimate of drug-likeness (QED) is 0.875. The molecule has 0 radical (unpaired) electrons. The van der Waals surface area contributed by atoms with Crippen LogP contribution in [0.5, 0.6) is 5.75 Å². The number of imidazole rings is 1. The summed E-state index contributed by atoms with van der Waals surface area (Å²) in [5, 5.41) is 3.39. The number of amides is 1. The lowest BCUT2D eigenvalue weighted by Gasteiger charge is -2.36. The number of piperazine rings is 1. The largest absolute Gasteiger partial charge is 0.491 e. The number of hydrogen-bond acceptors (Lipinski definition) is 4. The summed E-state index contributed by atoms with van der Waals surface area (Å²) in [7, 11) is 0. The van der Waals surface area contributed by atoms with Crippen LogP contribution in [0.2, 0.25) is 0 Å². The first-order valence-corrected chi connectivity index (χ1v) is 8.86. The highest BCUT2D eigenvalue weighted by atomic mass is 16.5. The van der Waals surface area contributed by atoms with Crippen molar-refractivity contribution in [1.82, 2.24) is 19.8 Å². The molecule has 1 atom stereocenters. The number of benzene rings is 1. The van der Waals surface area contributed by atoms with Crippen LogP contribution in [0.3, 0.4) is 0 Å². The van der Waals surface area contributed by atoms with Crippen molar-refractivity contribution in [3.05, 3.63) is 48.5 Å². The van der Waals surface area contributed by atoms with E-state index >= 15 is 0 Å². The molecule has 1 fully saturated rings. The molecule has 25 heavy (non-hydrogen) atoms. The predicted molar refractivity (Wildman–Crippen MR) is 96.4 cm³/mol. The fourth-order valence-electron chi connectivity index (χ4n) is 3.13. The minimum absolute atomic E-state index is 0.0668. The van der Waals surface area contributed by atoms with Crippen LogP contribution in [-0.2, 0) is 11.3 Å². The highest BCUT2D eigenvalue weighted by Crippen LogP contribution is 2.25. The Labute approximate surface area is 148 Å². The van der Waals surface area contributed by atoms with E-state index in [9.17, 15) is 4.79 Å². The Morgan fingerprint density at radius 3 is 2.84 bits per heavy atom. The Morgan fingerprint density at radius 1 is 1.36 bits per heavy atom. The molecule has 0 spiro atoms. The van der Waals surface area contributed by atoms with Crippen LogP contribution in [0.15, 0.2) is 43.0 Å². The maximum atomic E-state index is 12.7. The van der Waals surface area contributed by atoms with Gasteiger partial charge in [-0.25, -0.2) is 4.98 Å². The number of aromatic nitrogens is 2. The summed E-state index contributed by atoms with van der Waals surface area (Å²) >= 11 is 0. The normalized spacial score (nSPS) is 17.7. The highest BCUT2D eigenvalue weighted by Gasteiger charge is 2.27. The van der Waals surface area contributed by atoms with Gasteiger partial charge in [-0.3, -0.25) is 4.79 Å². The lowest BCUT2D eigenvalue weighted by atomic mass is 10.0. The first-order valence-electron chi connectivity index (χ1n) is 8.86. The predicted octanol–water partition coefficient (Wildman–Crippen LogP) is 2.23. The van der Waals surface area contributed by atoms with E-state index in [-0.39, 0.29) is 18.1 Å². The van der Waals surface area contributed by atoms with Gasteiger partial charge in [-0.2, -0.15) is 0 Å². The number of nitrogens with zero attached hydrogens (tertiary/aromatic N) is 3. The summed E-state index contributed by atoms with van der Waals surface area (Å²) in [6.45, 7) is 7.04. The minimum atomic E-state index is 0.0668. The maximum absolute atomic E-state index is 12.7. The summed E-state index contributed by atoms with van der Waals surface area (Å²) in [6, 6.07) is 8.16. The Balaban J connectivity index is 1.66. The lowest BCUT2D eigenvalue weighted by molar-refractivity contribution is -0.134. The van der Waals surface area contributed by atoms with Crippen molar-refractivity contribution >= 4 is 5.91 Å². The first-order chi connectivity index (χ1) is 12.1. The fraction of sp³-hybridized carbons (Fsp3) is 0.474. The molecule has 6 nitrogen and oxygen atoms in total. The number of carbonyl (C=O) groups is 1. The lowest BCUT2D eigenvalue weighted by Crippen LogP contribution is -2.48. The number of aryl methyl sites for hydroxylation is 1.